The summed E-state index contributed by atoms with van der Waals surface area (Å²) in [5, 5.41) is 4.64. The van der Waals surface area contributed by atoms with E-state index in [-0.39, 0.29) is 0 Å². The van der Waals surface area contributed by atoms with E-state index in [2.05, 4.69) is 5.32 Å². The lowest BCUT2D eigenvalue weighted by Crippen LogP contribution is -2.02. The van der Waals surface area contributed by atoms with Crippen LogP contribution in [-0.4, -0.2) is 7.11 Å². The lowest BCUT2D eigenvalue weighted by atomic mass is 10.2. The first-order valence-corrected chi connectivity index (χ1v) is 8.94. The Morgan fingerprint density at radius 1 is 0.885 bits per heavy atom. The second-order valence-electron chi connectivity index (χ2n) is 5.73. The van der Waals surface area contributed by atoms with Crippen molar-refractivity contribution in [3.63, 3.8) is 0 Å². The topological polar surface area (TPSA) is 30.5 Å². The molecule has 0 fully saturated rings. The second kappa shape index (κ2) is 8.84. The van der Waals surface area contributed by atoms with Crippen molar-refractivity contribution in [1.29, 1.82) is 0 Å². The van der Waals surface area contributed by atoms with Crippen LogP contribution >= 0.6 is 23.2 Å². The highest BCUT2D eigenvalue weighted by atomic mass is 35.5. The molecule has 3 aromatic carbocycles. The lowest BCUT2D eigenvalue weighted by molar-refractivity contribution is 0.284. The second-order valence-corrected chi connectivity index (χ2v) is 6.58. The Labute approximate surface area is 163 Å². The van der Waals surface area contributed by atoms with Gasteiger partial charge in [-0.3, -0.25) is 0 Å². The lowest BCUT2D eigenvalue weighted by Gasteiger charge is -2.15. The van der Waals surface area contributed by atoms with E-state index in [4.69, 9.17) is 32.7 Å². The summed E-state index contributed by atoms with van der Waals surface area (Å²) in [5.41, 5.74) is 2.94. The molecule has 0 spiro atoms. The monoisotopic (exact) mass is 387 g/mol. The standard InChI is InChI=1S/C21H19Cl2NO2/c1-25-20-11-16(13-24-18-8-3-2-4-9-18)19(23)12-21(20)26-14-15-6-5-7-17(22)10-15/h2-12,24H,13-14H2,1H3. The maximum absolute atomic E-state index is 6.43. The molecular formula is C21H19Cl2NO2. The molecule has 26 heavy (non-hydrogen) atoms. The number of hydrogen-bond donors (Lipinski definition) is 1. The summed E-state index contributed by atoms with van der Waals surface area (Å²) in [6, 6.07) is 21.2. The number of rotatable bonds is 7. The number of methoxy groups -OCH3 is 1. The summed E-state index contributed by atoms with van der Waals surface area (Å²) in [5.74, 6) is 1.24. The number of hydrogen-bond acceptors (Lipinski definition) is 3. The quantitative estimate of drug-likeness (QED) is 0.523. The van der Waals surface area contributed by atoms with Gasteiger partial charge in [-0.1, -0.05) is 53.5 Å². The number of benzene rings is 3. The maximum atomic E-state index is 6.43. The van der Waals surface area contributed by atoms with Gasteiger partial charge in [-0.05, 0) is 41.5 Å². The minimum absolute atomic E-state index is 0.384. The molecule has 0 saturated carbocycles. The zero-order valence-corrected chi connectivity index (χ0v) is 15.8. The molecule has 0 heterocycles. The number of anilines is 1. The third kappa shape index (κ3) is 4.84. The smallest absolute Gasteiger partial charge is 0.163 e. The van der Waals surface area contributed by atoms with E-state index in [1.165, 1.54) is 0 Å². The highest BCUT2D eigenvalue weighted by Gasteiger charge is 2.11. The highest BCUT2D eigenvalue weighted by Crippen LogP contribution is 2.34. The first kappa shape index (κ1) is 18.4. The van der Waals surface area contributed by atoms with Crippen molar-refractivity contribution >= 4 is 28.9 Å². The van der Waals surface area contributed by atoms with Gasteiger partial charge < -0.3 is 14.8 Å². The maximum Gasteiger partial charge on any atom is 0.163 e. The molecule has 1 N–H and O–H groups in total. The fraction of sp³-hybridized carbons (Fsp3) is 0.143. The summed E-state index contributed by atoms with van der Waals surface area (Å²) in [6.07, 6.45) is 0. The van der Waals surface area contributed by atoms with Crippen LogP contribution in [0.3, 0.4) is 0 Å². The molecule has 0 aliphatic heterocycles. The predicted octanol–water partition coefficient (Wildman–Crippen LogP) is 6.19. The Kier molecular flexibility index (Phi) is 6.26. The highest BCUT2D eigenvalue weighted by molar-refractivity contribution is 6.31. The first-order chi connectivity index (χ1) is 12.7. The van der Waals surface area contributed by atoms with Gasteiger partial charge in [0.15, 0.2) is 11.5 Å². The van der Waals surface area contributed by atoms with Crippen LogP contribution in [0, 0.1) is 0 Å². The fourth-order valence-corrected chi connectivity index (χ4v) is 2.96. The minimum atomic E-state index is 0.384. The molecule has 0 atom stereocenters. The average molecular weight is 388 g/mol. The largest absolute Gasteiger partial charge is 0.493 e. The Bertz CT molecular complexity index is 869. The summed E-state index contributed by atoms with van der Waals surface area (Å²) >= 11 is 12.4. The molecule has 0 saturated heterocycles. The van der Waals surface area contributed by atoms with Gasteiger partial charge in [-0.15, -0.1) is 0 Å². The molecule has 0 unspecified atom stereocenters. The SMILES string of the molecule is COc1cc(CNc2ccccc2)c(Cl)cc1OCc1cccc(Cl)c1. The van der Waals surface area contributed by atoms with Crippen molar-refractivity contribution < 1.29 is 9.47 Å². The predicted molar refractivity (Wildman–Crippen MR) is 108 cm³/mol. The van der Waals surface area contributed by atoms with Crippen LogP contribution in [-0.2, 0) is 13.2 Å². The molecule has 3 nitrogen and oxygen atoms in total. The van der Waals surface area contributed by atoms with Crippen LogP contribution in [0.5, 0.6) is 11.5 Å². The number of para-hydroxylation sites is 1. The molecule has 0 aliphatic rings. The van der Waals surface area contributed by atoms with Gasteiger partial charge in [0.05, 0.1) is 7.11 Å². The average Bonchev–Trinajstić information content (AvgIpc) is 2.66. The van der Waals surface area contributed by atoms with Gasteiger partial charge in [0.25, 0.3) is 0 Å². The Hall–Kier alpha value is -2.36. The summed E-state index contributed by atoms with van der Waals surface area (Å²) in [4.78, 5) is 0. The molecule has 5 heteroatoms. The van der Waals surface area contributed by atoms with Crippen molar-refractivity contribution in [2.75, 3.05) is 12.4 Å². The van der Waals surface area contributed by atoms with Crippen LogP contribution in [0.4, 0.5) is 5.69 Å². The number of nitrogens with one attached hydrogen (secondary N) is 1. The van der Waals surface area contributed by atoms with Crippen molar-refractivity contribution in [1.82, 2.24) is 0 Å². The molecular weight excluding hydrogens is 369 g/mol. The summed E-state index contributed by atoms with van der Waals surface area (Å²) < 4.78 is 11.3. The van der Waals surface area contributed by atoms with E-state index in [1.54, 1.807) is 13.2 Å². The number of halogens is 2. The third-order valence-electron chi connectivity index (χ3n) is 3.87. The van der Waals surface area contributed by atoms with Gasteiger partial charge in [-0.2, -0.15) is 0 Å². The zero-order valence-electron chi connectivity index (χ0n) is 14.3. The van der Waals surface area contributed by atoms with Crippen molar-refractivity contribution in [2.45, 2.75) is 13.2 Å². The molecule has 0 bridgehead atoms. The van der Waals surface area contributed by atoms with Crippen LogP contribution in [0.2, 0.25) is 10.0 Å². The van der Waals surface area contributed by atoms with Crippen LogP contribution < -0.4 is 14.8 Å². The van der Waals surface area contributed by atoms with Crippen LogP contribution in [0.15, 0.2) is 66.7 Å². The van der Waals surface area contributed by atoms with Gasteiger partial charge in [-0.25, -0.2) is 0 Å². The number of ether oxygens (including phenoxy) is 2. The van der Waals surface area contributed by atoms with E-state index >= 15 is 0 Å². The molecule has 0 radical (unpaired) electrons. The molecule has 0 aromatic heterocycles. The van der Waals surface area contributed by atoms with Gasteiger partial charge >= 0.3 is 0 Å². The zero-order chi connectivity index (χ0) is 18.4. The van der Waals surface area contributed by atoms with Crippen LogP contribution in [0.1, 0.15) is 11.1 Å². The van der Waals surface area contributed by atoms with Crippen molar-refractivity contribution in [2.24, 2.45) is 0 Å². The van der Waals surface area contributed by atoms with E-state index in [0.29, 0.717) is 34.7 Å². The minimum Gasteiger partial charge on any atom is -0.493 e. The van der Waals surface area contributed by atoms with Crippen LogP contribution in [0.25, 0.3) is 0 Å². The third-order valence-corrected chi connectivity index (χ3v) is 4.46. The molecule has 0 amide bonds. The Morgan fingerprint density at radius 3 is 2.42 bits per heavy atom. The molecule has 134 valence electrons. The Morgan fingerprint density at radius 2 is 1.69 bits per heavy atom. The summed E-state index contributed by atoms with van der Waals surface area (Å²) in [7, 11) is 1.61. The Balaban J connectivity index is 1.72. The normalized spacial score (nSPS) is 10.4. The molecule has 0 aliphatic carbocycles. The fourth-order valence-electron chi connectivity index (χ4n) is 2.53. The van der Waals surface area contributed by atoms with Gasteiger partial charge in [0, 0.05) is 28.3 Å². The van der Waals surface area contributed by atoms with E-state index in [9.17, 15) is 0 Å². The van der Waals surface area contributed by atoms with Gasteiger partial charge in [0.1, 0.15) is 6.61 Å². The first-order valence-electron chi connectivity index (χ1n) is 8.18. The van der Waals surface area contributed by atoms with E-state index in [1.807, 2.05) is 60.7 Å². The molecule has 3 aromatic rings. The molecule has 3 rings (SSSR count). The van der Waals surface area contributed by atoms with E-state index in [0.717, 1.165) is 16.8 Å². The van der Waals surface area contributed by atoms with Gasteiger partial charge in [0.2, 0.25) is 0 Å². The summed E-state index contributed by atoms with van der Waals surface area (Å²) in [6.45, 7) is 0.975. The van der Waals surface area contributed by atoms with E-state index < -0.39 is 0 Å². The van der Waals surface area contributed by atoms with Crippen molar-refractivity contribution in [3.8, 4) is 11.5 Å². The van der Waals surface area contributed by atoms with Crippen molar-refractivity contribution in [3.05, 3.63) is 87.9 Å².